The highest BCUT2D eigenvalue weighted by Crippen LogP contribution is 2.27. The number of benzene rings is 1. The van der Waals surface area contributed by atoms with E-state index in [1.54, 1.807) is 31.4 Å². The minimum absolute atomic E-state index is 0.0336. The number of methoxy groups -OCH3 is 1. The standard InChI is InChI=1S/C19H26N2O4/c1-19(24,12-7-9-13(25-2)10-8-12)17(22)11-16-18(23)21-15-6-4-3-5-14(15)20-16/h7-10,14-16,20,24H,3-6,11H2,1-2H3,(H,21,23)/t14-,15-,16?,19?/m0/s1. The lowest BCUT2D eigenvalue weighted by atomic mass is 9.84. The highest BCUT2D eigenvalue weighted by molar-refractivity contribution is 5.94. The first-order valence-corrected chi connectivity index (χ1v) is 8.88. The van der Waals surface area contributed by atoms with E-state index in [2.05, 4.69) is 10.6 Å². The molecular weight excluding hydrogens is 320 g/mol. The van der Waals surface area contributed by atoms with Crippen LogP contribution in [0, 0.1) is 0 Å². The van der Waals surface area contributed by atoms with Gasteiger partial charge >= 0.3 is 0 Å². The number of hydrogen-bond donors (Lipinski definition) is 3. The van der Waals surface area contributed by atoms with Crippen molar-refractivity contribution in [3.05, 3.63) is 29.8 Å². The Morgan fingerprint density at radius 1 is 1.24 bits per heavy atom. The topological polar surface area (TPSA) is 87.7 Å². The Morgan fingerprint density at radius 3 is 2.52 bits per heavy atom. The van der Waals surface area contributed by atoms with Gasteiger partial charge in [0, 0.05) is 18.5 Å². The van der Waals surface area contributed by atoms with Gasteiger partial charge in [0.1, 0.15) is 11.4 Å². The fraction of sp³-hybridized carbons (Fsp3) is 0.579. The maximum Gasteiger partial charge on any atom is 0.237 e. The van der Waals surface area contributed by atoms with Gasteiger partial charge in [0.2, 0.25) is 5.91 Å². The molecule has 0 radical (unpaired) electrons. The summed E-state index contributed by atoms with van der Waals surface area (Å²) < 4.78 is 5.10. The molecule has 1 aliphatic carbocycles. The van der Waals surface area contributed by atoms with E-state index in [9.17, 15) is 14.7 Å². The van der Waals surface area contributed by atoms with Crippen molar-refractivity contribution in [1.82, 2.24) is 10.6 Å². The Hall–Kier alpha value is -1.92. The monoisotopic (exact) mass is 346 g/mol. The van der Waals surface area contributed by atoms with Crippen molar-refractivity contribution in [3.63, 3.8) is 0 Å². The lowest BCUT2D eigenvalue weighted by Crippen LogP contribution is -2.65. The van der Waals surface area contributed by atoms with Gasteiger partial charge in [0.05, 0.1) is 13.2 Å². The van der Waals surface area contributed by atoms with Crippen molar-refractivity contribution in [1.29, 1.82) is 0 Å². The zero-order valence-electron chi connectivity index (χ0n) is 14.7. The lowest BCUT2D eigenvalue weighted by Gasteiger charge is -2.40. The fourth-order valence-corrected chi connectivity index (χ4v) is 3.73. The number of aliphatic hydroxyl groups is 1. The van der Waals surface area contributed by atoms with Gasteiger partial charge in [-0.15, -0.1) is 0 Å². The number of nitrogens with one attached hydrogen (secondary N) is 2. The second-order valence-corrected chi connectivity index (χ2v) is 7.15. The van der Waals surface area contributed by atoms with Gasteiger partial charge < -0.3 is 20.5 Å². The summed E-state index contributed by atoms with van der Waals surface area (Å²) in [5, 5.41) is 17.1. The molecule has 0 aromatic heterocycles. The number of fused-ring (bicyclic) bond motifs is 1. The number of hydrogen-bond acceptors (Lipinski definition) is 5. The van der Waals surface area contributed by atoms with Gasteiger partial charge in [-0.05, 0) is 37.5 Å². The number of Topliss-reactive ketones (excluding diaryl/α,β-unsaturated/α-hetero) is 1. The molecule has 25 heavy (non-hydrogen) atoms. The van der Waals surface area contributed by atoms with Crippen LogP contribution in [0.15, 0.2) is 24.3 Å². The number of ketones is 1. The minimum atomic E-state index is -1.64. The minimum Gasteiger partial charge on any atom is -0.497 e. The summed E-state index contributed by atoms with van der Waals surface area (Å²) in [6.07, 6.45) is 4.21. The van der Waals surface area contributed by atoms with Crippen LogP contribution in [-0.4, -0.2) is 42.0 Å². The predicted molar refractivity (Wildman–Crippen MR) is 93.3 cm³/mol. The number of amides is 1. The third-order valence-electron chi connectivity index (χ3n) is 5.41. The van der Waals surface area contributed by atoms with Crippen LogP contribution in [-0.2, 0) is 15.2 Å². The molecule has 3 rings (SSSR count). The molecule has 6 nitrogen and oxygen atoms in total. The molecule has 2 unspecified atom stereocenters. The maximum atomic E-state index is 12.7. The van der Waals surface area contributed by atoms with Crippen molar-refractivity contribution in [2.24, 2.45) is 0 Å². The van der Waals surface area contributed by atoms with Crippen LogP contribution in [0.4, 0.5) is 0 Å². The van der Waals surface area contributed by atoms with Gasteiger partial charge in [-0.25, -0.2) is 0 Å². The van der Waals surface area contributed by atoms with E-state index in [-0.39, 0.29) is 30.2 Å². The smallest absolute Gasteiger partial charge is 0.237 e. The van der Waals surface area contributed by atoms with Crippen molar-refractivity contribution in [2.45, 2.75) is 62.8 Å². The summed E-state index contributed by atoms with van der Waals surface area (Å²) in [4.78, 5) is 25.0. The molecule has 2 fully saturated rings. The summed E-state index contributed by atoms with van der Waals surface area (Å²) in [6.45, 7) is 1.47. The second kappa shape index (κ2) is 7.14. The summed E-state index contributed by atoms with van der Waals surface area (Å²) in [5.74, 6) is 0.130. The van der Waals surface area contributed by atoms with Gasteiger partial charge in [-0.3, -0.25) is 9.59 Å². The van der Waals surface area contributed by atoms with Crippen molar-refractivity contribution in [3.8, 4) is 5.75 Å². The van der Waals surface area contributed by atoms with Gasteiger partial charge in [-0.1, -0.05) is 25.0 Å². The molecule has 0 bridgehead atoms. The summed E-state index contributed by atoms with van der Waals surface area (Å²) in [6, 6.07) is 6.54. The second-order valence-electron chi connectivity index (χ2n) is 7.15. The SMILES string of the molecule is COc1ccc(C(C)(O)C(=O)CC2N[C@H]3CCCC[C@@H]3NC2=O)cc1. The van der Waals surface area contributed by atoms with Crippen LogP contribution in [0.25, 0.3) is 0 Å². The summed E-state index contributed by atoms with van der Waals surface area (Å²) >= 11 is 0. The molecule has 2 aliphatic rings. The third kappa shape index (κ3) is 3.70. The predicted octanol–water partition coefficient (Wildman–Crippen LogP) is 1.26. The molecule has 4 atom stereocenters. The largest absolute Gasteiger partial charge is 0.497 e. The van der Waals surface area contributed by atoms with E-state index in [1.807, 2.05) is 0 Å². The van der Waals surface area contributed by atoms with Gasteiger partial charge in [0.25, 0.3) is 0 Å². The van der Waals surface area contributed by atoms with Crippen molar-refractivity contribution in [2.75, 3.05) is 7.11 Å². The maximum absolute atomic E-state index is 12.7. The molecular formula is C19H26N2O4. The van der Waals surface area contributed by atoms with Crippen LogP contribution < -0.4 is 15.4 Å². The van der Waals surface area contributed by atoms with Gasteiger partial charge in [-0.2, -0.15) is 0 Å². The van der Waals surface area contributed by atoms with Crippen LogP contribution >= 0.6 is 0 Å². The molecule has 3 N–H and O–H groups in total. The number of carbonyl (C=O) groups excluding carboxylic acids is 2. The van der Waals surface area contributed by atoms with E-state index in [4.69, 9.17) is 4.74 Å². The highest BCUT2D eigenvalue weighted by Gasteiger charge is 2.40. The van der Waals surface area contributed by atoms with E-state index >= 15 is 0 Å². The van der Waals surface area contributed by atoms with Crippen LogP contribution in [0.5, 0.6) is 5.75 Å². The lowest BCUT2D eigenvalue weighted by molar-refractivity contribution is -0.140. The zero-order valence-corrected chi connectivity index (χ0v) is 14.7. The Balaban J connectivity index is 1.68. The van der Waals surface area contributed by atoms with Crippen LogP contribution in [0.3, 0.4) is 0 Å². The molecule has 1 amide bonds. The van der Waals surface area contributed by atoms with Crippen molar-refractivity contribution < 1.29 is 19.4 Å². The highest BCUT2D eigenvalue weighted by atomic mass is 16.5. The normalized spacial score (nSPS) is 28.4. The van der Waals surface area contributed by atoms with E-state index in [1.165, 1.54) is 6.92 Å². The van der Waals surface area contributed by atoms with E-state index < -0.39 is 11.6 Å². The molecule has 0 spiro atoms. The molecule has 1 saturated carbocycles. The first-order valence-electron chi connectivity index (χ1n) is 8.88. The first-order chi connectivity index (χ1) is 11.9. The molecule has 1 aromatic carbocycles. The average molecular weight is 346 g/mol. The van der Waals surface area contributed by atoms with Gasteiger partial charge in [0.15, 0.2) is 5.78 Å². The van der Waals surface area contributed by atoms with Crippen LogP contribution in [0.2, 0.25) is 0 Å². The number of piperazine rings is 1. The summed E-state index contributed by atoms with van der Waals surface area (Å²) in [5.41, 5.74) is -1.15. The first kappa shape index (κ1) is 17.9. The zero-order chi connectivity index (χ0) is 18.0. The molecule has 1 saturated heterocycles. The summed E-state index contributed by atoms with van der Waals surface area (Å²) in [7, 11) is 1.56. The van der Waals surface area contributed by atoms with E-state index in [0.29, 0.717) is 11.3 Å². The molecule has 1 aromatic rings. The quantitative estimate of drug-likeness (QED) is 0.747. The molecule has 1 heterocycles. The molecule has 136 valence electrons. The fourth-order valence-electron chi connectivity index (χ4n) is 3.73. The Morgan fingerprint density at radius 2 is 1.88 bits per heavy atom. The number of rotatable bonds is 5. The molecule has 1 aliphatic heterocycles. The number of ether oxygens (including phenoxy) is 1. The van der Waals surface area contributed by atoms with E-state index in [0.717, 1.165) is 25.7 Å². The van der Waals surface area contributed by atoms with Crippen LogP contribution in [0.1, 0.15) is 44.6 Å². The number of carbonyl (C=O) groups is 2. The Bertz CT molecular complexity index is 641. The average Bonchev–Trinajstić information content (AvgIpc) is 2.62. The Kier molecular flexibility index (Phi) is 5.11. The van der Waals surface area contributed by atoms with Crippen molar-refractivity contribution >= 4 is 11.7 Å². The third-order valence-corrected chi connectivity index (χ3v) is 5.41. The Labute approximate surface area is 147 Å². The molecule has 6 heteroatoms.